The van der Waals surface area contributed by atoms with Crippen molar-refractivity contribution < 1.29 is 22.7 Å². The number of nitriles is 1. The minimum absolute atomic E-state index is 0.000678. The van der Waals surface area contributed by atoms with Gasteiger partial charge < -0.3 is 15.0 Å². The summed E-state index contributed by atoms with van der Waals surface area (Å²) in [6, 6.07) is 7.40. The first-order chi connectivity index (χ1) is 15.7. The summed E-state index contributed by atoms with van der Waals surface area (Å²) in [5, 5.41) is 12.0. The fourth-order valence-corrected chi connectivity index (χ4v) is 3.61. The zero-order valence-corrected chi connectivity index (χ0v) is 16.9. The van der Waals surface area contributed by atoms with Crippen molar-refractivity contribution >= 4 is 28.6 Å². The van der Waals surface area contributed by atoms with Crippen LogP contribution in [0.3, 0.4) is 0 Å². The molecule has 0 radical (unpaired) electrons. The molecule has 2 aromatic heterocycles. The Morgan fingerprint density at radius 3 is 2.76 bits per heavy atom. The molecule has 4 rings (SSSR count). The maximum Gasteiger partial charge on any atom is 0.415 e. The van der Waals surface area contributed by atoms with E-state index in [0.717, 1.165) is 12.4 Å². The van der Waals surface area contributed by atoms with Gasteiger partial charge in [0.25, 0.3) is 11.5 Å². The second-order valence-electron chi connectivity index (χ2n) is 6.97. The molecule has 0 saturated heterocycles. The molecule has 3 heterocycles. The van der Waals surface area contributed by atoms with Crippen LogP contribution in [0.4, 0.5) is 18.9 Å². The zero-order chi connectivity index (χ0) is 23.8. The number of aromatic amines is 1. The van der Waals surface area contributed by atoms with E-state index in [1.807, 2.05) is 6.07 Å². The number of aromatic nitrogens is 2. The number of benzene rings is 1. The summed E-state index contributed by atoms with van der Waals surface area (Å²) in [5.41, 5.74) is -2.13. The normalized spacial score (nSPS) is 15.5. The summed E-state index contributed by atoms with van der Waals surface area (Å²) >= 11 is 0. The lowest BCUT2D eigenvalue weighted by molar-refractivity contribution is -0.114. The molecular weight excluding hydrogens is 439 g/mol. The van der Waals surface area contributed by atoms with Gasteiger partial charge in [0, 0.05) is 17.8 Å². The van der Waals surface area contributed by atoms with Crippen LogP contribution in [0, 0.1) is 11.3 Å². The van der Waals surface area contributed by atoms with E-state index in [-0.39, 0.29) is 28.1 Å². The van der Waals surface area contributed by atoms with Crippen molar-refractivity contribution in [3.63, 3.8) is 0 Å². The highest BCUT2D eigenvalue weighted by molar-refractivity contribution is 6.19. The quantitative estimate of drug-likeness (QED) is 0.627. The molecule has 8 nitrogen and oxygen atoms in total. The highest BCUT2D eigenvalue weighted by atomic mass is 19.4. The van der Waals surface area contributed by atoms with E-state index in [4.69, 9.17) is 10.00 Å². The van der Waals surface area contributed by atoms with Crippen molar-refractivity contribution in [1.29, 1.82) is 5.26 Å². The van der Waals surface area contributed by atoms with Gasteiger partial charge in [-0.25, -0.2) is 4.98 Å². The number of rotatable bonds is 4. The highest BCUT2D eigenvalue weighted by Crippen LogP contribution is 2.44. The summed E-state index contributed by atoms with van der Waals surface area (Å²) in [7, 11) is 1.30. The molecule has 33 heavy (non-hydrogen) atoms. The molecular formula is C22H14F3N5O3. The van der Waals surface area contributed by atoms with Crippen LogP contribution in [0.25, 0.3) is 10.8 Å². The number of halogens is 3. The van der Waals surface area contributed by atoms with Crippen LogP contribution in [0.1, 0.15) is 17.2 Å². The molecule has 3 aromatic rings. The summed E-state index contributed by atoms with van der Waals surface area (Å²) < 4.78 is 47.2. The predicted octanol–water partition coefficient (Wildman–Crippen LogP) is 3.43. The fourth-order valence-electron chi connectivity index (χ4n) is 3.61. The van der Waals surface area contributed by atoms with Gasteiger partial charge in [0.2, 0.25) is 5.88 Å². The van der Waals surface area contributed by atoms with E-state index in [1.165, 1.54) is 43.6 Å². The monoisotopic (exact) mass is 453 g/mol. The first-order valence-electron chi connectivity index (χ1n) is 9.45. The van der Waals surface area contributed by atoms with E-state index < -0.39 is 34.8 Å². The predicted molar refractivity (Wildman–Crippen MR) is 113 cm³/mol. The Balaban J connectivity index is 1.77. The molecule has 1 aliphatic rings. The third-order valence-electron chi connectivity index (χ3n) is 5.03. The maximum atomic E-state index is 14.1. The summed E-state index contributed by atoms with van der Waals surface area (Å²) in [6.45, 7) is 0. The van der Waals surface area contributed by atoms with Gasteiger partial charge in [0.15, 0.2) is 0 Å². The number of nitrogens with zero attached hydrogens (tertiary/aromatic N) is 3. The van der Waals surface area contributed by atoms with Crippen molar-refractivity contribution in [2.24, 2.45) is 4.99 Å². The number of aliphatic imine (C=N–C) groups is 1. The number of amides is 1. The highest BCUT2D eigenvalue weighted by Gasteiger charge is 2.45. The molecule has 11 heteroatoms. The Kier molecular flexibility index (Phi) is 5.43. The van der Waals surface area contributed by atoms with Gasteiger partial charge in [-0.1, -0.05) is 12.1 Å². The van der Waals surface area contributed by atoms with E-state index in [1.54, 1.807) is 0 Å². The Labute approximate surface area is 184 Å². The lowest BCUT2D eigenvalue weighted by Gasteiger charge is -2.19. The fraction of sp³-hybridized carbons (Fsp3) is 0.136. The van der Waals surface area contributed by atoms with Gasteiger partial charge in [0.05, 0.1) is 30.1 Å². The Morgan fingerprint density at radius 2 is 2.06 bits per heavy atom. The first kappa shape index (κ1) is 21.8. The molecule has 0 spiro atoms. The molecule has 1 aromatic carbocycles. The number of alkyl halides is 3. The van der Waals surface area contributed by atoms with Crippen LogP contribution in [-0.2, 0) is 4.79 Å². The van der Waals surface area contributed by atoms with Crippen LogP contribution >= 0.6 is 0 Å². The van der Waals surface area contributed by atoms with E-state index >= 15 is 0 Å². The molecule has 1 unspecified atom stereocenters. The lowest BCUT2D eigenvalue weighted by atomic mass is 9.93. The van der Waals surface area contributed by atoms with Gasteiger partial charge in [-0.3, -0.25) is 14.6 Å². The van der Waals surface area contributed by atoms with Crippen LogP contribution in [0.2, 0.25) is 0 Å². The van der Waals surface area contributed by atoms with Crippen molar-refractivity contribution in [2.45, 2.75) is 12.2 Å². The molecule has 1 amide bonds. The topological polar surface area (TPSA) is 120 Å². The van der Waals surface area contributed by atoms with Crippen LogP contribution in [-0.4, -0.2) is 35.4 Å². The van der Waals surface area contributed by atoms with Gasteiger partial charge in [-0.15, -0.1) is 0 Å². The van der Waals surface area contributed by atoms with Crippen LogP contribution in [0.5, 0.6) is 5.88 Å². The molecule has 0 saturated carbocycles. The smallest absolute Gasteiger partial charge is 0.415 e. The third-order valence-corrected chi connectivity index (χ3v) is 5.03. The number of hydrogen-bond acceptors (Lipinski definition) is 6. The number of nitrogens with one attached hydrogen (secondary N) is 2. The van der Waals surface area contributed by atoms with Gasteiger partial charge in [-0.2, -0.15) is 18.4 Å². The largest absolute Gasteiger partial charge is 0.480 e. The Morgan fingerprint density at radius 1 is 1.27 bits per heavy atom. The molecule has 0 fully saturated rings. The molecule has 2 N–H and O–H groups in total. The van der Waals surface area contributed by atoms with Crippen LogP contribution in [0.15, 0.2) is 63.7 Å². The number of methoxy groups -OCH3 is 1. The van der Waals surface area contributed by atoms with E-state index in [9.17, 15) is 22.8 Å². The Bertz CT molecular complexity index is 1430. The number of hydrogen-bond donors (Lipinski definition) is 2. The van der Waals surface area contributed by atoms with Gasteiger partial charge in [0.1, 0.15) is 17.7 Å². The van der Waals surface area contributed by atoms with E-state index in [0.29, 0.717) is 5.39 Å². The summed E-state index contributed by atoms with van der Waals surface area (Å²) in [4.78, 5) is 35.1. The van der Waals surface area contributed by atoms with E-state index in [2.05, 4.69) is 20.3 Å². The van der Waals surface area contributed by atoms with Crippen molar-refractivity contribution in [1.82, 2.24) is 9.97 Å². The Hall–Kier alpha value is -4.46. The molecule has 0 bridgehead atoms. The number of ether oxygens (including phenoxy) is 1. The number of H-pyrrole nitrogens is 1. The number of fused-ring (bicyclic) bond motifs is 1. The summed E-state index contributed by atoms with van der Waals surface area (Å²) in [6.07, 6.45) is -1.53. The standard InChI is InChI=1S/C22H14F3N5O3/c1-33-21-11(8-26)7-12(9-29-21)30-20(32)16-10-28-18(17(16)22(23,24)25)14-3-2-4-15-13(14)5-6-27-19(15)31/h2-7,9-10,18H,1H3,(H,27,31)(H,30,32). The zero-order valence-electron chi connectivity index (χ0n) is 16.9. The SMILES string of the molecule is COc1ncc(NC(=O)C2=C(C(F)(F)F)C(c3cccc4c(=O)[nH]ccc34)N=C2)cc1C#N. The number of pyridine rings is 2. The van der Waals surface area contributed by atoms with Crippen LogP contribution < -0.4 is 15.6 Å². The molecule has 1 aliphatic heterocycles. The number of carbonyl (C=O) groups excluding carboxylic acids is 1. The number of anilines is 1. The van der Waals surface area contributed by atoms with Gasteiger partial charge in [-0.05, 0) is 29.1 Å². The third kappa shape index (κ3) is 3.94. The van der Waals surface area contributed by atoms with Gasteiger partial charge >= 0.3 is 6.18 Å². The molecule has 166 valence electrons. The summed E-state index contributed by atoms with van der Waals surface area (Å²) in [5.74, 6) is -1.05. The number of carbonyl (C=O) groups is 1. The second-order valence-corrected chi connectivity index (χ2v) is 6.97. The maximum absolute atomic E-state index is 14.1. The second kappa shape index (κ2) is 8.23. The minimum Gasteiger partial charge on any atom is -0.480 e. The molecule has 1 atom stereocenters. The first-order valence-corrected chi connectivity index (χ1v) is 9.45. The average molecular weight is 453 g/mol. The van der Waals surface area contributed by atoms with Crippen molar-refractivity contribution in [3.8, 4) is 11.9 Å². The lowest BCUT2D eigenvalue weighted by Crippen LogP contribution is -2.23. The van der Waals surface area contributed by atoms with Crippen molar-refractivity contribution in [2.75, 3.05) is 12.4 Å². The molecule has 0 aliphatic carbocycles. The minimum atomic E-state index is -4.88. The average Bonchev–Trinajstić information content (AvgIpc) is 3.25. The van der Waals surface area contributed by atoms with Crippen molar-refractivity contribution in [3.05, 3.63) is 75.4 Å².